The van der Waals surface area contributed by atoms with Crippen LogP contribution >= 0.6 is 0 Å². The summed E-state index contributed by atoms with van der Waals surface area (Å²) in [6, 6.07) is 0. The summed E-state index contributed by atoms with van der Waals surface area (Å²) < 4.78 is 0. The van der Waals surface area contributed by atoms with Crippen molar-refractivity contribution in [3.8, 4) is 0 Å². The second-order valence-electron chi connectivity index (χ2n) is 4.73. The Bertz CT molecular complexity index is 146. The molecule has 84 valence electrons. The number of rotatable bonds is 8. The molecule has 0 spiro atoms. The zero-order chi connectivity index (χ0) is 11.0. The molecule has 0 heteroatoms. The highest BCUT2D eigenvalue weighted by atomic mass is 14.1. The van der Waals surface area contributed by atoms with E-state index in [1.165, 1.54) is 44.1 Å². The molecule has 0 radical (unpaired) electrons. The van der Waals surface area contributed by atoms with Gasteiger partial charge in [0, 0.05) is 0 Å². The van der Waals surface area contributed by atoms with Crippen molar-refractivity contribution in [3.63, 3.8) is 0 Å². The lowest BCUT2D eigenvalue weighted by atomic mass is 9.89. The topological polar surface area (TPSA) is 0 Å². The molecular formula is C14H28. The van der Waals surface area contributed by atoms with Crippen LogP contribution in [0.3, 0.4) is 0 Å². The highest BCUT2D eigenvalue weighted by Crippen LogP contribution is 2.24. The summed E-state index contributed by atoms with van der Waals surface area (Å²) in [5, 5.41) is 0. The van der Waals surface area contributed by atoms with Crippen LogP contribution < -0.4 is 0 Å². The van der Waals surface area contributed by atoms with Crippen molar-refractivity contribution in [2.45, 2.75) is 66.2 Å². The molecule has 2 unspecified atom stereocenters. The van der Waals surface area contributed by atoms with Crippen LogP contribution in [0.15, 0.2) is 12.2 Å². The molecule has 0 rings (SSSR count). The fourth-order valence-electron chi connectivity index (χ4n) is 1.99. The summed E-state index contributed by atoms with van der Waals surface area (Å²) in [5.74, 6) is 1.71. The Kier molecular flexibility index (Phi) is 7.93. The highest BCUT2D eigenvalue weighted by Gasteiger charge is 2.09. The first-order valence-electron chi connectivity index (χ1n) is 6.30. The van der Waals surface area contributed by atoms with Crippen LogP contribution in [0.1, 0.15) is 66.2 Å². The van der Waals surface area contributed by atoms with E-state index in [0.717, 1.165) is 11.8 Å². The lowest BCUT2D eigenvalue weighted by Gasteiger charge is -2.17. The quantitative estimate of drug-likeness (QED) is 0.468. The van der Waals surface area contributed by atoms with E-state index in [1.54, 1.807) is 0 Å². The lowest BCUT2D eigenvalue weighted by Crippen LogP contribution is -2.02. The molecule has 0 saturated carbocycles. The zero-order valence-electron chi connectivity index (χ0n) is 10.6. The van der Waals surface area contributed by atoms with Crippen LogP contribution in [0, 0.1) is 11.8 Å². The van der Waals surface area contributed by atoms with Crippen LogP contribution in [0.4, 0.5) is 0 Å². The van der Waals surface area contributed by atoms with E-state index in [1.807, 2.05) is 0 Å². The predicted molar refractivity (Wildman–Crippen MR) is 66.5 cm³/mol. The summed E-state index contributed by atoms with van der Waals surface area (Å²) in [5.41, 5.74) is 1.47. The third-order valence-electron chi connectivity index (χ3n) is 3.19. The van der Waals surface area contributed by atoms with E-state index >= 15 is 0 Å². The molecule has 0 aliphatic rings. The molecule has 0 aromatic heterocycles. The van der Waals surface area contributed by atoms with Crippen molar-refractivity contribution in [1.82, 2.24) is 0 Å². The van der Waals surface area contributed by atoms with Gasteiger partial charge in [0.15, 0.2) is 0 Å². The Morgan fingerprint density at radius 3 is 2.14 bits per heavy atom. The van der Waals surface area contributed by atoms with Gasteiger partial charge in [0.25, 0.3) is 0 Å². The Labute approximate surface area is 90.8 Å². The maximum atomic E-state index is 4.21. The largest absolute Gasteiger partial charge is 0.0998 e. The second kappa shape index (κ2) is 8.08. The fraction of sp³-hybridized carbons (Fsp3) is 0.857. The molecule has 0 N–H and O–H groups in total. The van der Waals surface area contributed by atoms with E-state index < -0.39 is 0 Å². The minimum Gasteiger partial charge on any atom is -0.0998 e. The monoisotopic (exact) mass is 196 g/mol. The molecule has 0 aliphatic carbocycles. The molecule has 2 atom stereocenters. The fourth-order valence-corrected chi connectivity index (χ4v) is 1.99. The van der Waals surface area contributed by atoms with E-state index in [4.69, 9.17) is 0 Å². The van der Waals surface area contributed by atoms with Gasteiger partial charge in [-0.25, -0.2) is 0 Å². The van der Waals surface area contributed by atoms with Gasteiger partial charge in [0.2, 0.25) is 0 Å². The molecule has 0 bridgehead atoms. The average Bonchev–Trinajstić information content (AvgIpc) is 2.16. The minimum absolute atomic E-state index is 0.821. The Balaban J connectivity index is 3.78. The molecule has 14 heavy (non-hydrogen) atoms. The van der Waals surface area contributed by atoms with Gasteiger partial charge in [0.1, 0.15) is 0 Å². The molecule has 0 amide bonds. The van der Waals surface area contributed by atoms with Gasteiger partial charge in [-0.3, -0.25) is 0 Å². The standard InChI is InChI=1S/C14H28/c1-6-9-14(8-3)11-13(5)10-12(4)7-2/h12,14H,5-11H2,1-4H3. The van der Waals surface area contributed by atoms with Crippen molar-refractivity contribution in [2.24, 2.45) is 11.8 Å². The highest BCUT2D eigenvalue weighted by molar-refractivity contribution is 4.96. The Morgan fingerprint density at radius 1 is 1.07 bits per heavy atom. The van der Waals surface area contributed by atoms with Gasteiger partial charge in [-0.15, -0.1) is 0 Å². The van der Waals surface area contributed by atoms with Gasteiger partial charge >= 0.3 is 0 Å². The average molecular weight is 196 g/mol. The summed E-state index contributed by atoms with van der Waals surface area (Å²) in [6.45, 7) is 13.4. The lowest BCUT2D eigenvalue weighted by molar-refractivity contribution is 0.441. The van der Waals surface area contributed by atoms with Crippen LogP contribution in [-0.4, -0.2) is 0 Å². The van der Waals surface area contributed by atoms with E-state index in [9.17, 15) is 0 Å². The van der Waals surface area contributed by atoms with Gasteiger partial charge in [-0.05, 0) is 24.7 Å². The van der Waals surface area contributed by atoms with Gasteiger partial charge < -0.3 is 0 Å². The maximum absolute atomic E-state index is 4.21. The molecule has 0 heterocycles. The molecule has 0 nitrogen and oxygen atoms in total. The smallest absolute Gasteiger partial charge is 0.0294 e. The molecule has 0 aromatic carbocycles. The molecule has 0 fully saturated rings. The Hall–Kier alpha value is -0.260. The van der Waals surface area contributed by atoms with Crippen molar-refractivity contribution in [3.05, 3.63) is 12.2 Å². The number of hydrogen-bond acceptors (Lipinski definition) is 0. The van der Waals surface area contributed by atoms with Crippen LogP contribution in [-0.2, 0) is 0 Å². The third kappa shape index (κ3) is 6.23. The van der Waals surface area contributed by atoms with Gasteiger partial charge in [-0.1, -0.05) is 65.5 Å². The van der Waals surface area contributed by atoms with Crippen molar-refractivity contribution in [2.75, 3.05) is 0 Å². The summed E-state index contributed by atoms with van der Waals surface area (Å²) in [7, 11) is 0. The molecule has 0 aromatic rings. The minimum atomic E-state index is 0.821. The van der Waals surface area contributed by atoms with Gasteiger partial charge in [0.05, 0.1) is 0 Å². The maximum Gasteiger partial charge on any atom is -0.0294 e. The predicted octanol–water partition coefficient (Wildman–Crippen LogP) is 5.20. The van der Waals surface area contributed by atoms with Crippen molar-refractivity contribution < 1.29 is 0 Å². The van der Waals surface area contributed by atoms with E-state index in [2.05, 4.69) is 34.3 Å². The SMILES string of the molecule is C=C(CC(C)CC)CC(CC)CCC. The van der Waals surface area contributed by atoms with Crippen LogP contribution in [0.5, 0.6) is 0 Å². The first kappa shape index (κ1) is 13.7. The summed E-state index contributed by atoms with van der Waals surface area (Å²) >= 11 is 0. The van der Waals surface area contributed by atoms with Crippen molar-refractivity contribution in [1.29, 1.82) is 0 Å². The van der Waals surface area contributed by atoms with E-state index in [-0.39, 0.29) is 0 Å². The summed E-state index contributed by atoms with van der Waals surface area (Å²) in [4.78, 5) is 0. The zero-order valence-corrected chi connectivity index (χ0v) is 10.6. The third-order valence-corrected chi connectivity index (χ3v) is 3.19. The number of allylic oxidation sites excluding steroid dienone is 1. The molecular weight excluding hydrogens is 168 g/mol. The summed E-state index contributed by atoms with van der Waals surface area (Å²) in [6.07, 6.45) is 7.77. The Morgan fingerprint density at radius 2 is 1.71 bits per heavy atom. The normalized spacial score (nSPS) is 15.1. The first-order chi connectivity index (χ1) is 6.63. The first-order valence-corrected chi connectivity index (χ1v) is 6.30. The van der Waals surface area contributed by atoms with Gasteiger partial charge in [-0.2, -0.15) is 0 Å². The van der Waals surface area contributed by atoms with Crippen LogP contribution in [0.25, 0.3) is 0 Å². The molecule has 0 aliphatic heterocycles. The van der Waals surface area contributed by atoms with E-state index in [0.29, 0.717) is 0 Å². The van der Waals surface area contributed by atoms with Crippen molar-refractivity contribution >= 4 is 0 Å². The number of hydrogen-bond donors (Lipinski definition) is 0. The van der Waals surface area contributed by atoms with Crippen LogP contribution in [0.2, 0.25) is 0 Å². The second-order valence-corrected chi connectivity index (χ2v) is 4.73. The molecule has 0 saturated heterocycles.